The molecule has 0 aliphatic rings. The van der Waals surface area contributed by atoms with E-state index in [9.17, 15) is 16.8 Å². The van der Waals surface area contributed by atoms with Crippen LogP contribution in [0.2, 0.25) is 0 Å². The van der Waals surface area contributed by atoms with Gasteiger partial charge in [-0.15, -0.1) is 0 Å². The van der Waals surface area contributed by atoms with Gasteiger partial charge in [0.15, 0.2) is 9.84 Å². The summed E-state index contributed by atoms with van der Waals surface area (Å²) in [5.74, 6) is -0.0614. The van der Waals surface area contributed by atoms with Crippen molar-refractivity contribution in [1.29, 1.82) is 0 Å². The summed E-state index contributed by atoms with van der Waals surface area (Å²) in [5, 5.41) is 0. The Balaban J connectivity index is 1.51. The van der Waals surface area contributed by atoms with E-state index in [0.717, 1.165) is 16.7 Å². The normalized spacial score (nSPS) is 11.8. The number of rotatable bonds is 7. The molecule has 0 aliphatic heterocycles. The quantitative estimate of drug-likeness (QED) is 0.412. The van der Waals surface area contributed by atoms with Crippen molar-refractivity contribution in [3.63, 3.8) is 0 Å². The van der Waals surface area contributed by atoms with E-state index in [2.05, 4.69) is 4.72 Å². The van der Waals surface area contributed by atoms with E-state index < -0.39 is 19.9 Å². The van der Waals surface area contributed by atoms with E-state index in [1.165, 1.54) is 12.1 Å². The summed E-state index contributed by atoms with van der Waals surface area (Å²) in [5.41, 5.74) is 2.81. The van der Waals surface area contributed by atoms with Crippen LogP contribution in [0, 0.1) is 0 Å². The maximum absolute atomic E-state index is 12.7. The summed E-state index contributed by atoms with van der Waals surface area (Å²) in [6.45, 7) is 0. The van der Waals surface area contributed by atoms with Gasteiger partial charge in [-0.3, -0.25) is 4.72 Å². The van der Waals surface area contributed by atoms with Crippen LogP contribution >= 0.6 is 0 Å². The molecule has 0 heterocycles. The zero-order valence-corrected chi connectivity index (χ0v) is 18.7. The molecule has 0 saturated heterocycles. The van der Waals surface area contributed by atoms with Gasteiger partial charge >= 0.3 is 0 Å². The summed E-state index contributed by atoms with van der Waals surface area (Å²) in [7, 11) is -7.15. The Morgan fingerprint density at radius 2 is 1.00 bits per heavy atom. The van der Waals surface area contributed by atoms with Crippen LogP contribution in [0.5, 0.6) is 0 Å². The predicted octanol–water partition coefficient (Wildman–Crippen LogP) is 5.13. The summed E-state index contributed by atoms with van der Waals surface area (Å²) in [6, 6.07) is 30.8. The third-order valence-electron chi connectivity index (χ3n) is 4.94. The summed E-state index contributed by atoms with van der Waals surface area (Å²) >= 11 is 0. The molecule has 0 fully saturated rings. The minimum atomic E-state index is -3.70. The molecule has 0 atom stereocenters. The van der Waals surface area contributed by atoms with Crippen molar-refractivity contribution < 1.29 is 16.8 Å². The molecule has 0 aromatic heterocycles. The first-order valence-electron chi connectivity index (χ1n) is 9.89. The van der Waals surface area contributed by atoms with Crippen LogP contribution in [0.25, 0.3) is 11.1 Å². The number of nitrogens with one attached hydrogen (secondary N) is 1. The molecule has 1 N–H and O–H groups in total. The van der Waals surface area contributed by atoms with Crippen LogP contribution < -0.4 is 4.72 Å². The van der Waals surface area contributed by atoms with Crippen molar-refractivity contribution in [2.45, 2.75) is 15.5 Å². The second-order valence-electron chi connectivity index (χ2n) is 7.26. The molecule has 0 unspecified atom stereocenters. The smallest absolute Gasteiger partial charge is 0.261 e. The maximum Gasteiger partial charge on any atom is 0.261 e. The number of para-hydroxylation sites is 1. The first-order chi connectivity index (χ1) is 15.3. The number of hydrogen-bond acceptors (Lipinski definition) is 4. The van der Waals surface area contributed by atoms with E-state index in [4.69, 9.17) is 0 Å². The lowest BCUT2D eigenvalue weighted by atomic mass is 10.1. The van der Waals surface area contributed by atoms with Crippen LogP contribution in [-0.4, -0.2) is 16.8 Å². The van der Waals surface area contributed by atoms with Crippen LogP contribution in [0.15, 0.2) is 119 Å². The van der Waals surface area contributed by atoms with E-state index in [-0.39, 0.29) is 15.5 Å². The fraction of sp³-hybridized carbons (Fsp3) is 0.0400. The lowest BCUT2D eigenvalue weighted by Gasteiger charge is -2.09. The van der Waals surface area contributed by atoms with E-state index in [1.54, 1.807) is 72.8 Å². The molecule has 4 rings (SSSR count). The van der Waals surface area contributed by atoms with Gasteiger partial charge in [-0.05, 0) is 53.1 Å². The Bertz CT molecular complexity index is 1290. The largest absolute Gasteiger partial charge is 0.280 e. The van der Waals surface area contributed by atoms with Crippen LogP contribution in [0.4, 0.5) is 5.69 Å². The predicted molar refractivity (Wildman–Crippen MR) is 126 cm³/mol. The van der Waals surface area contributed by atoms with Gasteiger partial charge in [0.1, 0.15) is 0 Å². The monoisotopic (exact) mass is 463 g/mol. The zero-order chi connectivity index (χ0) is 22.6. The fourth-order valence-electron chi connectivity index (χ4n) is 3.28. The number of sulfonamides is 1. The highest BCUT2D eigenvalue weighted by molar-refractivity contribution is 7.92. The van der Waals surface area contributed by atoms with Gasteiger partial charge < -0.3 is 0 Å². The molecule has 0 saturated carbocycles. The number of sulfone groups is 1. The topological polar surface area (TPSA) is 80.3 Å². The van der Waals surface area contributed by atoms with Gasteiger partial charge in [0.05, 0.1) is 15.5 Å². The molecule has 0 aliphatic carbocycles. The molecule has 0 spiro atoms. The van der Waals surface area contributed by atoms with Crippen molar-refractivity contribution in [2.75, 3.05) is 4.72 Å². The number of anilines is 1. The Morgan fingerprint density at radius 3 is 1.53 bits per heavy atom. The Kier molecular flexibility index (Phi) is 6.12. The molecule has 7 heteroatoms. The fourth-order valence-corrected chi connectivity index (χ4v) is 5.69. The van der Waals surface area contributed by atoms with E-state index in [0.29, 0.717) is 5.69 Å². The summed E-state index contributed by atoms with van der Waals surface area (Å²) in [4.78, 5) is 0.392. The SMILES string of the molecule is O=S(=O)(Cc1ccccc1)c1ccc(-c2ccc(S(=O)(=O)Nc3ccccc3)cc2)cc1. The minimum Gasteiger partial charge on any atom is -0.280 e. The van der Waals surface area contributed by atoms with Crippen molar-refractivity contribution in [3.05, 3.63) is 115 Å². The minimum absolute atomic E-state index is 0.0614. The first-order valence-corrected chi connectivity index (χ1v) is 13.0. The van der Waals surface area contributed by atoms with Crippen molar-refractivity contribution in [1.82, 2.24) is 0 Å². The average Bonchev–Trinajstić information content (AvgIpc) is 2.80. The Morgan fingerprint density at radius 1 is 0.531 bits per heavy atom. The molecule has 0 bridgehead atoms. The summed E-state index contributed by atoms with van der Waals surface area (Å²) < 4.78 is 53.1. The standard InChI is InChI=1S/C25H21NO4S2/c27-31(28,19-20-7-3-1-4-8-20)24-15-11-21(12-16-24)22-13-17-25(18-14-22)32(29,30)26-23-9-5-2-6-10-23/h1-18,26H,19H2. The second kappa shape index (κ2) is 8.98. The van der Waals surface area contributed by atoms with E-state index >= 15 is 0 Å². The van der Waals surface area contributed by atoms with Crippen LogP contribution in [0.1, 0.15) is 5.56 Å². The second-order valence-corrected chi connectivity index (χ2v) is 10.9. The van der Waals surface area contributed by atoms with Crippen molar-refractivity contribution in [2.24, 2.45) is 0 Å². The lowest BCUT2D eigenvalue weighted by molar-refractivity contribution is 0.595. The molecule has 4 aromatic carbocycles. The Hall–Kier alpha value is -3.42. The third-order valence-corrected chi connectivity index (χ3v) is 8.04. The first kappa shape index (κ1) is 21.8. The van der Waals surface area contributed by atoms with Crippen molar-refractivity contribution >= 4 is 25.5 Å². The molecular weight excluding hydrogens is 442 g/mol. The molecular formula is C25H21NO4S2. The van der Waals surface area contributed by atoms with Gasteiger partial charge in [0, 0.05) is 5.69 Å². The van der Waals surface area contributed by atoms with Gasteiger partial charge in [0.25, 0.3) is 10.0 Å². The number of hydrogen-bond donors (Lipinski definition) is 1. The Labute approximate surface area is 188 Å². The molecule has 5 nitrogen and oxygen atoms in total. The lowest BCUT2D eigenvalue weighted by Crippen LogP contribution is -2.12. The number of benzene rings is 4. The van der Waals surface area contributed by atoms with Gasteiger partial charge in [-0.1, -0.05) is 72.8 Å². The molecule has 32 heavy (non-hydrogen) atoms. The van der Waals surface area contributed by atoms with Crippen molar-refractivity contribution in [3.8, 4) is 11.1 Å². The highest BCUT2D eigenvalue weighted by Gasteiger charge is 2.16. The summed E-state index contributed by atoms with van der Waals surface area (Å²) in [6.07, 6.45) is 0. The third kappa shape index (κ3) is 5.07. The molecule has 4 aromatic rings. The van der Waals surface area contributed by atoms with Gasteiger partial charge in [0.2, 0.25) is 0 Å². The van der Waals surface area contributed by atoms with Crippen LogP contribution in [-0.2, 0) is 25.6 Å². The zero-order valence-electron chi connectivity index (χ0n) is 17.0. The van der Waals surface area contributed by atoms with Crippen LogP contribution in [0.3, 0.4) is 0 Å². The highest BCUT2D eigenvalue weighted by atomic mass is 32.2. The molecule has 162 valence electrons. The van der Waals surface area contributed by atoms with E-state index in [1.807, 2.05) is 24.3 Å². The molecule has 0 amide bonds. The maximum atomic E-state index is 12.7. The van der Waals surface area contributed by atoms with Gasteiger partial charge in [-0.25, -0.2) is 16.8 Å². The average molecular weight is 464 g/mol. The molecule has 0 radical (unpaired) electrons. The highest BCUT2D eigenvalue weighted by Crippen LogP contribution is 2.25. The van der Waals surface area contributed by atoms with Gasteiger partial charge in [-0.2, -0.15) is 0 Å².